The van der Waals surface area contributed by atoms with E-state index in [2.05, 4.69) is 26.8 Å². The lowest BCUT2D eigenvalue weighted by Crippen LogP contribution is -2.63. The molecule has 5 heterocycles. The summed E-state index contributed by atoms with van der Waals surface area (Å²) in [6.45, 7) is 11.0. The van der Waals surface area contributed by atoms with Gasteiger partial charge in [0, 0.05) is 64.8 Å². The second-order valence-corrected chi connectivity index (χ2v) is 23.6. The van der Waals surface area contributed by atoms with E-state index in [-0.39, 0.29) is 59.4 Å². The van der Waals surface area contributed by atoms with Crippen LogP contribution in [0.4, 0.5) is 0 Å². The van der Waals surface area contributed by atoms with Crippen molar-refractivity contribution in [3.8, 4) is 0 Å². The van der Waals surface area contributed by atoms with Gasteiger partial charge in [-0.15, -0.1) is 0 Å². The molecule has 8 unspecified atom stereocenters. The van der Waals surface area contributed by atoms with Crippen molar-refractivity contribution in [1.82, 2.24) is 0 Å². The Bertz CT molecular complexity index is 1920. The Labute approximate surface area is 441 Å². The van der Waals surface area contributed by atoms with Gasteiger partial charge in [0.2, 0.25) is 0 Å². The minimum atomic E-state index is -1.67. The number of carbonyl (C=O) groups is 1. The first-order chi connectivity index (χ1) is 35.7. The van der Waals surface area contributed by atoms with Crippen LogP contribution in [0.25, 0.3) is 0 Å². The van der Waals surface area contributed by atoms with Crippen molar-refractivity contribution in [3.05, 3.63) is 11.6 Å². The zero-order valence-electron chi connectivity index (χ0n) is 45.3. The molecule has 430 valence electrons. The lowest BCUT2D eigenvalue weighted by atomic mass is 9.45. The maximum Gasteiger partial charge on any atom is 0.187 e. The summed E-state index contributed by atoms with van der Waals surface area (Å²) in [7, 11) is 4.69. The highest BCUT2D eigenvalue weighted by Crippen LogP contribution is 2.67. The van der Waals surface area contributed by atoms with Crippen LogP contribution in [0.2, 0.25) is 0 Å². The highest BCUT2D eigenvalue weighted by Gasteiger charge is 2.70. The molecule has 3 saturated carbocycles. The number of Topliss-reactive ketones (excluding diaryl/α,β-unsaturated/α-hetero) is 1. The number of aliphatic hydroxyl groups excluding tert-OH is 6. The number of carbonyl (C=O) groups excluding carboxylic acids is 1. The molecule has 7 N–H and O–H groups in total. The molecule has 4 aliphatic carbocycles. The average molecular weight is 1070 g/mol. The predicted molar refractivity (Wildman–Crippen MR) is 261 cm³/mol. The Morgan fingerprint density at radius 3 is 1.73 bits per heavy atom. The van der Waals surface area contributed by atoms with Gasteiger partial charge >= 0.3 is 0 Å². The molecule has 0 amide bonds. The molecule has 0 aromatic carbocycles. The van der Waals surface area contributed by atoms with Crippen LogP contribution in [0.1, 0.15) is 119 Å². The number of ketones is 1. The minimum absolute atomic E-state index is 0.0405. The number of methoxy groups -OCH3 is 3. The van der Waals surface area contributed by atoms with Gasteiger partial charge in [-0.2, -0.15) is 0 Å². The maximum absolute atomic E-state index is 13.6. The fourth-order valence-corrected chi connectivity index (χ4v) is 15.2. The third kappa shape index (κ3) is 10.9. The molecule has 8 fully saturated rings. The summed E-state index contributed by atoms with van der Waals surface area (Å²) in [6, 6.07) is 0. The van der Waals surface area contributed by atoms with Crippen molar-refractivity contribution < 1.29 is 102 Å². The van der Waals surface area contributed by atoms with Crippen LogP contribution < -0.4 is 0 Å². The van der Waals surface area contributed by atoms with Crippen LogP contribution in [0.3, 0.4) is 0 Å². The van der Waals surface area contributed by atoms with Gasteiger partial charge in [0.1, 0.15) is 60.5 Å². The molecule has 0 aromatic rings. The smallest absolute Gasteiger partial charge is 0.187 e. The summed E-state index contributed by atoms with van der Waals surface area (Å²) in [4.78, 5) is 13.6. The molecule has 21 nitrogen and oxygen atoms in total. The van der Waals surface area contributed by atoms with E-state index in [0.717, 1.165) is 38.5 Å². The van der Waals surface area contributed by atoms with Crippen LogP contribution in [0, 0.1) is 28.6 Å². The van der Waals surface area contributed by atoms with E-state index < -0.39 is 142 Å². The van der Waals surface area contributed by atoms with Gasteiger partial charge in [0.05, 0.1) is 62.0 Å². The standard InChI is InChI=1S/C54H88O21/c1-10-28-18-39(58)54(62)32-12-11-29-17-30(13-15-52(29,5)31(32)14-16-53(28,54)6)69-41-20-34(63-7)49(26(3)67-41)74-42-21-35(64-8)48(27(4)68-42)73-40-19-33(57)47(25(2)66-40)72-43-22-36(65-9)50(38(24-56)70-43)75-51-46(61)45(60)44(59)37(23-55)71-51/h11,25-28,30-38,40-51,55-57,59-62H,10,12-24H2,1-9H3/t25?,26?,27?,28-,30+,31?,32?,33-,34-,35-,36-,37?,38?,40+,41+,42+,43+,44-,45+,46?,47-,48-,49-,50+,51+,52+,53-,54-/m1/s1. The summed E-state index contributed by atoms with van der Waals surface area (Å²) in [5.74, 6) is 0.476. The number of fused-ring (bicyclic) bond motifs is 5. The van der Waals surface area contributed by atoms with Crippen LogP contribution in [0.5, 0.6) is 0 Å². The van der Waals surface area contributed by atoms with Gasteiger partial charge in [-0.1, -0.05) is 38.8 Å². The van der Waals surface area contributed by atoms with Gasteiger partial charge in [-0.05, 0) is 76.5 Å². The van der Waals surface area contributed by atoms with Gasteiger partial charge < -0.3 is 97.3 Å². The summed E-state index contributed by atoms with van der Waals surface area (Å²) in [5.41, 5.74) is -0.343. The van der Waals surface area contributed by atoms with Gasteiger partial charge in [0.15, 0.2) is 37.2 Å². The summed E-state index contributed by atoms with van der Waals surface area (Å²) >= 11 is 0. The molecule has 21 heteroatoms. The molecule has 0 spiro atoms. The number of rotatable bonds is 16. The molecule has 0 bridgehead atoms. The maximum atomic E-state index is 13.6. The monoisotopic (exact) mass is 1070 g/mol. The Morgan fingerprint density at radius 2 is 1.16 bits per heavy atom. The highest BCUT2D eigenvalue weighted by atomic mass is 16.8. The van der Waals surface area contributed by atoms with E-state index in [0.29, 0.717) is 25.7 Å². The summed E-state index contributed by atoms with van der Waals surface area (Å²) < 4.78 is 80.7. The number of hydrogen-bond donors (Lipinski definition) is 7. The Kier molecular flexibility index (Phi) is 18.3. The molecule has 0 aromatic heterocycles. The van der Waals surface area contributed by atoms with Crippen molar-refractivity contribution >= 4 is 5.78 Å². The van der Waals surface area contributed by atoms with Crippen molar-refractivity contribution in [3.63, 3.8) is 0 Å². The van der Waals surface area contributed by atoms with E-state index in [9.17, 15) is 40.5 Å². The number of aliphatic hydroxyl groups is 7. The molecule has 28 atom stereocenters. The second kappa shape index (κ2) is 23.6. The Balaban J connectivity index is 0.745. The van der Waals surface area contributed by atoms with Crippen molar-refractivity contribution in [2.75, 3.05) is 34.5 Å². The van der Waals surface area contributed by atoms with Gasteiger partial charge in [-0.25, -0.2) is 0 Å². The average Bonchev–Trinajstić information content (AvgIpc) is 3.66. The lowest BCUT2D eigenvalue weighted by Gasteiger charge is -2.60. The van der Waals surface area contributed by atoms with E-state index in [1.54, 1.807) is 21.1 Å². The molecule has 75 heavy (non-hydrogen) atoms. The van der Waals surface area contributed by atoms with E-state index in [1.165, 1.54) is 12.7 Å². The zero-order valence-corrected chi connectivity index (χ0v) is 45.3. The van der Waals surface area contributed by atoms with Crippen LogP contribution in [-0.4, -0.2) is 217 Å². The first kappa shape index (κ1) is 58.3. The quantitative estimate of drug-likeness (QED) is 0.109. The lowest BCUT2D eigenvalue weighted by molar-refractivity contribution is -0.361. The van der Waals surface area contributed by atoms with E-state index in [1.807, 2.05) is 13.8 Å². The number of allylic oxidation sites excluding steroid dienone is 1. The third-order valence-electron chi connectivity index (χ3n) is 19.6. The fourth-order valence-electron chi connectivity index (χ4n) is 15.2. The van der Waals surface area contributed by atoms with Crippen LogP contribution in [0.15, 0.2) is 11.6 Å². The van der Waals surface area contributed by atoms with Crippen LogP contribution in [-0.2, 0) is 66.4 Å². The molecule has 5 saturated heterocycles. The van der Waals surface area contributed by atoms with Gasteiger partial charge in [0.25, 0.3) is 0 Å². The van der Waals surface area contributed by atoms with Crippen molar-refractivity contribution in [1.29, 1.82) is 0 Å². The fraction of sp³-hybridized carbons (Fsp3) is 0.944. The van der Waals surface area contributed by atoms with E-state index >= 15 is 0 Å². The molecular weight excluding hydrogens is 985 g/mol. The first-order valence-corrected chi connectivity index (χ1v) is 27.8. The van der Waals surface area contributed by atoms with Crippen molar-refractivity contribution in [2.45, 2.75) is 259 Å². The summed E-state index contributed by atoms with van der Waals surface area (Å²) in [6.07, 6.45) is -9.11. The highest BCUT2D eigenvalue weighted by molar-refractivity contribution is 5.91. The van der Waals surface area contributed by atoms with Crippen molar-refractivity contribution in [2.24, 2.45) is 28.6 Å². The summed E-state index contributed by atoms with van der Waals surface area (Å²) in [5, 5.41) is 74.9. The molecular formula is C54H88O21. The minimum Gasteiger partial charge on any atom is -0.394 e. The largest absolute Gasteiger partial charge is 0.394 e. The Morgan fingerprint density at radius 1 is 0.613 bits per heavy atom. The first-order valence-electron chi connectivity index (χ1n) is 27.8. The molecule has 5 aliphatic heterocycles. The second-order valence-electron chi connectivity index (χ2n) is 23.6. The normalized spacial score (nSPS) is 52.4. The number of ether oxygens (including phenoxy) is 13. The number of hydrogen-bond acceptors (Lipinski definition) is 21. The topological polar surface area (TPSA) is 279 Å². The Hall–Kier alpha value is -1.39. The van der Waals surface area contributed by atoms with E-state index in [4.69, 9.17) is 61.6 Å². The van der Waals surface area contributed by atoms with Gasteiger partial charge in [-0.3, -0.25) is 4.79 Å². The molecule has 0 radical (unpaired) electrons. The zero-order chi connectivity index (χ0) is 53.9. The third-order valence-corrected chi connectivity index (χ3v) is 19.6. The predicted octanol–water partition coefficient (Wildman–Crippen LogP) is 1.91. The van der Waals surface area contributed by atoms with Crippen LogP contribution >= 0.6 is 0 Å². The SMILES string of the molecule is CC[C@@H]1CC(=O)[C@]2(O)C3CC=C4C[C@@H](O[C@H]5C[C@@H](OC)[C@H](O[C@H]6C[C@@H](OC)[C@H](O[C@H]7C[C@@H](O)[C@H](O[C@H]8C[C@@H](OC)[C@H](O[C@@H]9OC(CO)[C@@H](O)[C@H](O)C9O)C(CO)O8)C(C)O7)C(C)O6)C(C)O5)CC[C@]4(C)C3CC[C@]12C. The molecule has 9 aliphatic rings. The molecule has 9 rings (SSSR count).